The number of halogens is 1. The van der Waals surface area contributed by atoms with E-state index in [1.807, 2.05) is 36.4 Å². The normalized spacial score (nSPS) is 19.0. The van der Waals surface area contributed by atoms with E-state index in [1.165, 1.54) is 0 Å². The third-order valence-corrected chi connectivity index (χ3v) is 4.87. The molecule has 0 fully saturated rings. The number of hydrogen-bond acceptors (Lipinski definition) is 4. The molecule has 0 saturated heterocycles. The lowest BCUT2D eigenvalue weighted by Gasteiger charge is -2.27. The fourth-order valence-electron chi connectivity index (χ4n) is 3.55. The van der Waals surface area contributed by atoms with Gasteiger partial charge < -0.3 is 10.1 Å². The number of benzene rings is 2. The number of carbonyl (C=O) groups excluding carboxylic acids is 1. The van der Waals surface area contributed by atoms with Crippen LogP contribution in [-0.2, 0) is 9.53 Å². The molecule has 5 nitrogen and oxygen atoms in total. The lowest BCUT2D eigenvalue weighted by atomic mass is 9.80. The number of esters is 1. The van der Waals surface area contributed by atoms with Gasteiger partial charge in [-0.2, -0.15) is 5.10 Å². The van der Waals surface area contributed by atoms with Crippen molar-refractivity contribution in [2.24, 2.45) is 0 Å². The molecular weight excluding hydrogens is 326 g/mol. The van der Waals surface area contributed by atoms with Gasteiger partial charge in [-0.05, 0) is 29.8 Å². The van der Waals surface area contributed by atoms with E-state index in [2.05, 4.69) is 15.5 Å². The summed E-state index contributed by atoms with van der Waals surface area (Å²) in [5, 5.41) is 12.2. The average Bonchev–Trinajstić information content (AvgIpc) is 3.21. The van der Waals surface area contributed by atoms with Crippen LogP contribution in [-0.4, -0.2) is 22.8 Å². The Kier molecular flexibility index (Phi) is 2.76. The second-order valence-corrected chi connectivity index (χ2v) is 6.38. The molecule has 0 amide bonds. The minimum Gasteiger partial charge on any atom is -0.456 e. The van der Waals surface area contributed by atoms with E-state index >= 15 is 0 Å². The van der Waals surface area contributed by atoms with Gasteiger partial charge in [-0.15, -0.1) is 0 Å². The lowest BCUT2D eigenvalue weighted by Crippen LogP contribution is -2.20. The van der Waals surface area contributed by atoms with Crippen LogP contribution in [0.4, 0.5) is 5.69 Å². The standard InChI is InChI=1S/C18H12ClN3O2/c19-11-4-1-9(2-5-11)14-15-12(6-3-10-7-20-22-17(10)15)21-13-8-24-18(23)16(13)14/h1-7,14,21H,8H2,(H,20,22). The number of hydrogen-bond donors (Lipinski definition) is 2. The van der Waals surface area contributed by atoms with Crippen molar-refractivity contribution in [1.82, 2.24) is 10.2 Å². The van der Waals surface area contributed by atoms with Crippen LogP contribution in [0.5, 0.6) is 0 Å². The molecule has 0 aliphatic carbocycles. The van der Waals surface area contributed by atoms with Gasteiger partial charge in [-0.1, -0.05) is 23.7 Å². The number of aromatic amines is 1. The molecule has 6 heteroatoms. The third kappa shape index (κ3) is 1.82. The molecule has 3 aromatic rings. The molecular formula is C18H12ClN3O2. The Balaban J connectivity index is 1.82. The highest BCUT2D eigenvalue weighted by molar-refractivity contribution is 6.30. The van der Waals surface area contributed by atoms with Crippen molar-refractivity contribution in [1.29, 1.82) is 0 Å². The van der Waals surface area contributed by atoms with Gasteiger partial charge in [0.1, 0.15) is 6.61 Å². The molecule has 0 spiro atoms. The number of aromatic nitrogens is 2. The number of anilines is 1. The zero-order valence-corrected chi connectivity index (χ0v) is 13.2. The molecule has 0 bridgehead atoms. The molecule has 1 aromatic heterocycles. The van der Waals surface area contributed by atoms with Crippen molar-refractivity contribution < 1.29 is 9.53 Å². The molecule has 5 rings (SSSR count). The molecule has 2 aliphatic heterocycles. The summed E-state index contributed by atoms with van der Waals surface area (Å²) in [5.74, 6) is -0.493. The molecule has 2 aliphatic rings. The second-order valence-electron chi connectivity index (χ2n) is 5.94. The number of cyclic esters (lactones) is 1. The maximum Gasteiger partial charge on any atom is 0.337 e. The van der Waals surface area contributed by atoms with Crippen LogP contribution < -0.4 is 5.32 Å². The molecule has 118 valence electrons. The molecule has 24 heavy (non-hydrogen) atoms. The van der Waals surface area contributed by atoms with Crippen LogP contribution in [0.25, 0.3) is 10.9 Å². The zero-order valence-electron chi connectivity index (χ0n) is 12.5. The highest BCUT2D eigenvalue weighted by atomic mass is 35.5. The summed E-state index contributed by atoms with van der Waals surface area (Å²) >= 11 is 6.04. The number of nitrogens with one attached hydrogen (secondary N) is 2. The number of ether oxygens (including phenoxy) is 1. The van der Waals surface area contributed by atoms with Gasteiger partial charge in [0.05, 0.1) is 23.0 Å². The lowest BCUT2D eigenvalue weighted by molar-refractivity contribution is -0.136. The summed E-state index contributed by atoms with van der Waals surface area (Å²) in [6, 6.07) is 11.6. The topological polar surface area (TPSA) is 67.0 Å². The highest BCUT2D eigenvalue weighted by Gasteiger charge is 2.39. The van der Waals surface area contributed by atoms with Crippen molar-refractivity contribution in [3.8, 4) is 0 Å². The van der Waals surface area contributed by atoms with E-state index in [1.54, 1.807) is 6.20 Å². The molecule has 2 N–H and O–H groups in total. The Labute approximate surface area is 142 Å². The Morgan fingerprint density at radius 1 is 1.17 bits per heavy atom. The number of rotatable bonds is 1. The maximum atomic E-state index is 12.4. The van der Waals surface area contributed by atoms with Gasteiger partial charge in [0, 0.05) is 27.6 Å². The van der Waals surface area contributed by atoms with Crippen molar-refractivity contribution in [3.63, 3.8) is 0 Å². The van der Waals surface area contributed by atoms with Gasteiger partial charge in [-0.25, -0.2) is 4.79 Å². The predicted octanol–water partition coefficient (Wildman–Crippen LogP) is 3.58. The number of nitrogens with zero attached hydrogens (tertiary/aromatic N) is 1. The van der Waals surface area contributed by atoms with E-state index in [4.69, 9.17) is 16.3 Å². The summed E-state index contributed by atoms with van der Waals surface area (Å²) in [5.41, 5.74) is 5.37. The fourth-order valence-corrected chi connectivity index (χ4v) is 3.68. The molecule has 0 radical (unpaired) electrons. The van der Waals surface area contributed by atoms with E-state index < -0.39 is 0 Å². The Hall–Kier alpha value is -2.79. The van der Waals surface area contributed by atoms with Crippen molar-refractivity contribution in [2.45, 2.75) is 5.92 Å². The average molecular weight is 338 g/mol. The van der Waals surface area contributed by atoms with Gasteiger partial charge >= 0.3 is 5.97 Å². The zero-order chi connectivity index (χ0) is 16.3. The van der Waals surface area contributed by atoms with Crippen LogP contribution in [0.3, 0.4) is 0 Å². The van der Waals surface area contributed by atoms with Crippen molar-refractivity contribution in [3.05, 3.63) is 70.0 Å². The van der Waals surface area contributed by atoms with E-state index in [0.717, 1.165) is 33.4 Å². The van der Waals surface area contributed by atoms with Crippen molar-refractivity contribution in [2.75, 3.05) is 11.9 Å². The van der Waals surface area contributed by atoms with Gasteiger partial charge in [0.25, 0.3) is 0 Å². The summed E-state index contributed by atoms with van der Waals surface area (Å²) in [6.07, 6.45) is 1.78. The first-order valence-corrected chi connectivity index (χ1v) is 7.99. The first-order chi connectivity index (χ1) is 11.7. The SMILES string of the molecule is O=C1OCC2=C1C(c1ccc(Cl)cc1)c1c(ccc3cn[nH]c13)N2. The second kappa shape index (κ2) is 4.85. The van der Waals surface area contributed by atoms with Crippen LogP contribution in [0, 0.1) is 0 Å². The predicted molar refractivity (Wildman–Crippen MR) is 91.0 cm³/mol. The minimum absolute atomic E-state index is 0.215. The minimum atomic E-state index is -0.278. The molecule has 0 saturated carbocycles. The smallest absolute Gasteiger partial charge is 0.337 e. The number of carbonyl (C=O) groups is 1. The van der Waals surface area contributed by atoms with Crippen LogP contribution >= 0.6 is 11.6 Å². The Bertz CT molecular complexity index is 1020. The molecule has 2 aromatic carbocycles. The number of H-pyrrole nitrogens is 1. The quantitative estimate of drug-likeness (QED) is 0.666. The van der Waals surface area contributed by atoms with Gasteiger partial charge in [0.2, 0.25) is 0 Å². The summed E-state index contributed by atoms with van der Waals surface area (Å²) < 4.78 is 5.27. The van der Waals surface area contributed by atoms with Crippen molar-refractivity contribution >= 4 is 34.2 Å². The van der Waals surface area contributed by atoms with E-state index in [-0.39, 0.29) is 18.5 Å². The fraction of sp³-hybridized carbons (Fsp3) is 0.111. The van der Waals surface area contributed by atoms with Gasteiger partial charge in [0.15, 0.2) is 0 Å². The first-order valence-electron chi connectivity index (χ1n) is 7.61. The highest BCUT2D eigenvalue weighted by Crippen LogP contribution is 2.46. The van der Waals surface area contributed by atoms with Crippen LogP contribution in [0.2, 0.25) is 5.02 Å². The molecule has 1 atom stereocenters. The monoisotopic (exact) mass is 337 g/mol. The first kappa shape index (κ1) is 13.6. The summed E-state index contributed by atoms with van der Waals surface area (Å²) in [4.78, 5) is 12.4. The van der Waals surface area contributed by atoms with Gasteiger partial charge in [-0.3, -0.25) is 5.10 Å². The van der Waals surface area contributed by atoms with Crippen LogP contribution in [0.15, 0.2) is 53.9 Å². The summed E-state index contributed by atoms with van der Waals surface area (Å²) in [6.45, 7) is 0.276. The van der Waals surface area contributed by atoms with E-state index in [0.29, 0.717) is 10.6 Å². The number of fused-ring (bicyclic) bond motifs is 3. The maximum absolute atomic E-state index is 12.4. The Morgan fingerprint density at radius 2 is 2.00 bits per heavy atom. The van der Waals surface area contributed by atoms with Crippen LogP contribution in [0.1, 0.15) is 17.0 Å². The third-order valence-electron chi connectivity index (χ3n) is 4.62. The molecule has 1 unspecified atom stereocenters. The largest absolute Gasteiger partial charge is 0.456 e. The van der Waals surface area contributed by atoms with E-state index in [9.17, 15) is 4.79 Å². The molecule has 3 heterocycles. The Morgan fingerprint density at radius 3 is 2.83 bits per heavy atom. The summed E-state index contributed by atoms with van der Waals surface area (Å²) in [7, 11) is 0.